The lowest BCUT2D eigenvalue weighted by Crippen LogP contribution is -2.32. The van der Waals surface area contributed by atoms with Gasteiger partial charge in [0.05, 0.1) is 21.8 Å². The molecule has 0 saturated heterocycles. The topological polar surface area (TPSA) is 133 Å². The lowest BCUT2D eigenvalue weighted by atomic mass is 10.2. The molecule has 0 saturated carbocycles. The van der Waals surface area contributed by atoms with Gasteiger partial charge in [-0.05, 0) is 24.3 Å². The van der Waals surface area contributed by atoms with E-state index in [1.54, 1.807) is 48.3 Å². The number of H-pyrrole nitrogens is 1. The average Bonchev–Trinajstić information content (AvgIpc) is 3.54. The smallest absolute Gasteiger partial charge is 0.328 e. The summed E-state index contributed by atoms with van der Waals surface area (Å²) in [5, 5.41) is 5.13. The van der Waals surface area contributed by atoms with E-state index in [-0.39, 0.29) is 16.8 Å². The Morgan fingerprint density at radius 2 is 1.60 bits per heavy atom. The number of para-hydroxylation sites is 2. The zero-order valence-electron chi connectivity index (χ0n) is 19.2. The summed E-state index contributed by atoms with van der Waals surface area (Å²) in [6, 6.07) is 14.4. The molecular formula is C24H21N7O4. The van der Waals surface area contributed by atoms with Crippen LogP contribution in [0.25, 0.3) is 39.0 Å². The normalized spacial score (nSPS) is 11.2. The van der Waals surface area contributed by atoms with Gasteiger partial charge >= 0.3 is 5.69 Å². The zero-order chi connectivity index (χ0) is 24.7. The highest BCUT2D eigenvalue weighted by Gasteiger charge is 2.18. The minimum Gasteiger partial charge on any atom is -0.339 e. The molecule has 0 bridgehead atoms. The second kappa shape index (κ2) is 8.52. The third-order valence-electron chi connectivity index (χ3n) is 5.75. The van der Waals surface area contributed by atoms with Gasteiger partial charge in [0.1, 0.15) is 6.33 Å². The molecule has 35 heavy (non-hydrogen) atoms. The lowest BCUT2D eigenvalue weighted by molar-refractivity contribution is 0.382. The van der Waals surface area contributed by atoms with E-state index in [4.69, 9.17) is 4.52 Å². The van der Waals surface area contributed by atoms with E-state index in [2.05, 4.69) is 20.1 Å². The van der Waals surface area contributed by atoms with Crippen molar-refractivity contribution in [3.05, 3.63) is 91.9 Å². The fraction of sp³-hybridized carbons (Fsp3) is 0.167. The Kier molecular flexibility index (Phi) is 5.36. The molecule has 0 aliphatic heterocycles. The number of aromatic amines is 1. The van der Waals surface area contributed by atoms with Crippen LogP contribution in [0.4, 0.5) is 0 Å². The van der Waals surface area contributed by atoms with Crippen LogP contribution in [0.2, 0.25) is 0 Å². The standard InChI is InChI=1S/C15H13N5O2.C9H8N2O2/c1-3-11-17-13(18-22-11)12-14-19(2)15(21)9-6-4-5-7-10(9)20(14)8-16-12;1-11-8(12)6-4-2-3-5-7(6)10-9(11)13/h4-8H,3H2,1-2H3;2-5H,1H3,(H,10,13). The Hall–Kier alpha value is -4.80. The van der Waals surface area contributed by atoms with Crippen LogP contribution >= 0.6 is 0 Å². The second-order valence-corrected chi connectivity index (χ2v) is 7.87. The van der Waals surface area contributed by atoms with Gasteiger partial charge in [0, 0.05) is 20.5 Å². The first kappa shape index (κ1) is 22.0. The first-order valence-electron chi connectivity index (χ1n) is 10.9. The van der Waals surface area contributed by atoms with Crippen LogP contribution in [0.5, 0.6) is 0 Å². The molecule has 11 nitrogen and oxygen atoms in total. The number of benzene rings is 2. The molecule has 6 aromatic rings. The van der Waals surface area contributed by atoms with Crippen molar-refractivity contribution in [2.24, 2.45) is 14.1 Å². The maximum atomic E-state index is 12.5. The molecule has 0 aliphatic rings. The lowest BCUT2D eigenvalue weighted by Gasteiger charge is -2.07. The van der Waals surface area contributed by atoms with Crippen LogP contribution in [-0.2, 0) is 20.5 Å². The summed E-state index contributed by atoms with van der Waals surface area (Å²) < 4.78 is 9.64. The van der Waals surface area contributed by atoms with Gasteiger partial charge in [-0.15, -0.1) is 0 Å². The number of nitrogens with zero attached hydrogens (tertiary/aromatic N) is 6. The Bertz CT molecular complexity index is 1890. The summed E-state index contributed by atoms with van der Waals surface area (Å²) in [4.78, 5) is 46.5. The Morgan fingerprint density at radius 1 is 0.914 bits per heavy atom. The molecular weight excluding hydrogens is 450 g/mol. The molecule has 1 N–H and O–H groups in total. The summed E-state index contributed by atoms with van der Waals surface area (Å²) in [7, 11) is 3.17. The van der Waals surface area contributed by atoms with Gasteiger partial charge in [-0.25, -0.2) is 9.78 Å². The summed E-state index contributed by atoms with van der Waals surface area (Å²) in [6.07, 6.45) is 2.33. The van der Waals surface area contributed by atoms with Gasteiger partial charge in [-0.2, -0.15) is 4.98 Å². The van der Waals surface area contributed by atoms with Crippen LogP contribution in [0.1, 0.15) is 12.8 Å². The average molecular weight is 471 g/mol. The molecule has 0 spiro atoms. The molecule has 4 heterocycles. The van der Waals surface area contributed by atoms with Crippen molar-refractivity contribution < 1.29 is 4.52 Å². The quantitative estimate of drug-likeness (QED) is 0.408. The molecule has 2 aromatic carbocycles. The predicted octanol–water partition coefficient (Wildman–Crippen LogP) is 2.03. The number of hydrogen-bond acceptors (Lipinski definition) is 7. The third kappa shape index (κ3) is 3.62. The highest BCUT2D eigenvalue weighted by Crippen LogP contribution is 2.22. The largest absolute Gasteiger partial charge is 0.339 e. The van der Waals surface area contributed by atoms with Crippen molar-refractivity contribution in [2.75, 3.05) is 0 Å². The van der Waals surface area contributed by atoms with Gasteiger partial charge in [0.15, 0.2) is 11.3 Å². The Morgan fingerprint density at radius 3 is 2.34 bits per heavy atom. The number of rotatable bonds is 2. The molecule has 4 aromatic heterocycles. The molecule has 0 radical (unpaired) electrons. The van der Waals surface area contributed by atoms with Gasteiger partial charge in [0.2, 0.25) is 11.7 Å². The van der Waals surface area contributed by atoms with Crippen molar-refractivity contribution in [2.45, 2.75) is 13.3 Å². The van der Waals surface area contributed by atoms with Gasteiger partial charge < -0.3 is 9.51 Å². The zero-order valence-corrected chi connectivity index (χ0v) is 19.2. The fourth-order valence-electron chi connectivity index (χ4n) is 3.88. The molecule has 6 rings (SSSR count). The maximum Gasteiger partial charge on any atom is 0.328 e. The number of hydrogen-bond donors (Lipinski definition) is 1. The van der Waals surface area contributed by atoms with E-state index in [1.165, 1.54) is 7.05 Å². The SMILES string of the molecule is CCc1nc(-c2ncn3c4ccccc4c(=O)n(C)c23)no1.Cn1c(=O)[nH]c2ccccc2c1=O. The second-order valence-electron chi connectivity index (χ2n) is 7.87. The molecule has 176 valence electrons. The summed E-state index contributed by atoms with van der Waals surface area (Å²) in [5.41, 5.74) is 1.84. The predicted molar refractivity (Wildman–Crippen MR) is 130 cm³/mol. The van der Waals surface area contributed by atoms with E-state index < -0.39 is 0 Å². The van der Waals surface area contributed by atoms with Crippen LogP contribution in [-0.4, -0.2) is 33.6 Å². The summed E-state index contributed by atoms with van der Waals surface area (Å²) in [6.45, 7) is 1.94. The minimum atomic E-state index is -0.385. The third-order valence-corrected chi connectivity index (χ3v) is 5.75. The molecule has 0 amide bonds. The van der Waals surface area contributed by atoms with E-state index in [1.807, 2.05) is 29.5 Å². The minimum absolute atomic E-state index is 0.0796. The van der Waals surface area contributed by atoms with E-state index in [0.717, 1.165) is 10.1 Å². The van der Waals surface area contributed by atoms with Crippen molar-refractivity contribution >= 4 is 27.5 Å². The molecule has 0 aliphatic carbocycles. The summed E-state index contributed by atoms with van der Waals surface area (Å²) >= 11 is 0. The van der Waals surface area contributed by atoms with Crippen molar-refractivity contribution in [1.29, 1.82) is 0 Å². The van der Waals surface area contributed by atoms with Gasteiger partial charge in [-0.3, -0.25) is 23.1 Å². The number of fused-ring (bicyclic) bond motifs is 4. The molecule has 0 fully saturated rings. The highest BCUT2D eigenvalue weighted by molar-refractivity contribution is 5.84. The van der Waals surface area contributed by atoms with E-state index >= 15 is 0 Å². The van der Waals surface area contributed by atoms with Crippen molar-refractivity contribution in [1.82, 2.24) is 33.6 Å². The van der Waals surface area contributed by atoms with E-state index in [9.17, 15) is 14.4 Å². The number of aromatic nitrogens is 7. The number of aryl methyl sites for hydroxylation is 2. The molecule has 0 unspecified atom stereocenters. The number of imidazole rings is 1. The highest BCUT2D eigenvalue weighted by atomic mass is 16.5. The Balaban J connectivity index is 0.000000166. The van der Waals surface area contributed by atoms with Crippen LogP contribution in [0.15, 0.2) is 73.8 Å². The van der Waals surface area contributed by atoms with Crippen LogP contribution in [0.3, 0.4) is 0 Å². The molecule has 11 heteroatoms. The monoisotopic (exact) mass is 471 g/mol. The van der Waals surface area contributed by atoms with Crippen LogP contribution in [0, 0.1) is 0 Å². The number of nitrogens with one attached hydrogen (secondary N) is 1. The van der Waals surface area contributed by atoms with Crippen LogP contribution < -0.4 is 16.8 Å². The van der Waals surface area contributed by atoms with Crippen molar-refractivity contribution in [3.63, 3.8) is 0 Å². The summed E-state index contributed by atoms with van der Waals surface area (Å²) in [5.74, 6) is 0.937. The fourth-order valence-corrected chi connectivity index (χ4v) is 3.88. The molecule has 0 atom stereocenters. The van der Waals surface area contributed by atoms with Gasteiger partial charge in [-0.1, -0.05) is 36.3 Å². The first-order chi connectivity index (χ1) is 16.9. The van der Waals surface area contributed by atoms with Crippen molar-refractivity contribution in [3.8, 4) is 11.5 Å². The van der Waals surface area contributed by atoms with Gasteiger partial charge in [0.25, 0.3) is 11.1 Å². The first-order valence-corrected chi connectivity index (χ1v) is 10.9. The Labute approximate surface area is 196 Å². The van der Waals surface area contributed by atoms with E-state index in [0.29, 0.717) is 45.8 Å². The maximum absolute atomic E-state index is 12.5.